The first-order valence-corrected chi connectivity index (χ1v) is 4.80. The van der Waals surface area contributed by atoms with Crippen LogP contribution in [0.4, 0.5) is 4.79 Å². The molecule has 1 aliphatic heterocycles. The Labute approximate surface area is 73.5 Å². The first-order valence-electron chi connectivity index (χ1n) is 3.28. The summed E-state index contributed by atoms with van der Waals surface area (Å²) in [6, 6.07) is 0. The van der Waals surface area contributed by atoms with Crippen molar-refractivity contribution >= 4 is 28.7 Å². The molecule has 58 valence electrons. The molecule has 4 heteroatoms. The van der Waals surface area contributed by atoms with Gasteiger partial charge in [0, 0.05) is 13.1 Å². The van der Waals surface area contributed by atoms with Crippen molar-refractivity contribution in [3.05, 3.63) is 0 Å². The van der Waals surface area contributed by atoms with E-state index in [0.717, 1.165) is 23.9 Å². The molecule has 0 unspecified atom stereocenters. The van der Waals surface area contributed by atoms with Gasteiger partial charge in [0.05, 0.1) is 0 Å². The van der Waals surface area contributed by atoms with Crippen LogP contribution in [-0.4, -0.2) is 33.6 Å². The van der Waals surface area contributed by atoms with E-state index in [2.05, 4.69) is 22.6 Å². The largest absolute Gasteiger partial charge is 0.465 e. The molecule has 0 spiro atoms. The Morgan fingerprint density at radius 2 is 2.30 bits per heavy atom. The first-order chi connectivity index (χ1) is 4.74. The maximum absolute atomic E-state index is 10.3. The zero-order valence-corrected chi connectivity index (χ0v) is 7.74. The zero-order valence-electron chi connectivity index (χ0n) is 5.59. The van der Waals surface area contributed by atoms with Gasteiger partial charge < -0.3 is 10.0 Å². The quantitative estimate of drug-likeness (QED) is 0.598. The predicted molar refractivity (Wildman–Crippen MR) is 46.6 cm³/mol. The van der Waals surface area contributed by atoms with E-state index in [4.69, 9.17) is 5.11 Å². The number of carboxylic acid groups (broad SMARTS) is 1. The topological polar surface area (TPSA) is 40.5 Å². The highest BCUT2D eigenvalue weighted by molar-refractivity contribution is 14.1. The summed E-state index contributed by atoms with van der Waals surface area (Å²) in [6.45, 7) is 1.50. The van der Waals surface area contributed by atoms with Crippen LogP contribution in [0.3, 0.4) is 0 Å². The minimum atomic E-state index is -0.773. The monoisotopic (exact) mass is 255 g/mol. The highest BCUT2D eigenvalue weighted by atomic mass is 127. The second-order valence-electron chi connectivity index (χ2n) is 2.53. The SMILES string of the molecule is O=C(O)N1CC(CCI)C1. The molecule has 1 N–H and O–H groups in total. The molecule has 0 aromatic rings. The van der Waals surface area contributed by atoms with Crippen LogP contribution in [-0.2, 0) is 0 Å². The van der Waals surface area contributed by atoms with Gasteiger partial charge in [0.1, 0.15) is 0 Å². The van der Waals surface area contributed by atoms with E-state index in [9.17, 15) is 4.79 Å². The molecule has 3 nitrogen and oxygen atoms in total. The Bertz CT molecular complexity index is 134. The molecule has 0 bridgehead atoms. The summed E-state index contributed by atoms with van der Waals surface area (Å²) in [6.07, 6.45) is 0.384. The molecule has 1 amide bonds. The lowest BCUT2D eigenvalue weighted by molar-refractivity contribution is 0.0811. The van der Waals surface area contributed by atoms with Gasteiger partial charge in [0.25, 0.3) is 0 Å². The van der Waals surface area contributed by atoms with E-state index in [1.807, 2.05) is 0 Å². The van der Waals surface area contributed by atoms with Gasteiger partial charge in [-0.25, -0.2) is 4.79 Å². The van der Waals surface area contributed by atoms with Crippen molar-refractivity contribution in [2.24, 2.45) is 5.92 Å². The van der Waals surface area contributed by atoms with E-state index in [1.165, 1.54) is 4.90 Å². The molecule has 1 aliphatic rings. The molecule has 0 radical (unpaired) electrons. The Morgan fingerprint density at radius 3 is 2.70 bits per heavy atom. The first kappa shape index (κ1) is 8.10. The average Bonchev–Trinajstić information content (AvgIpc) is 1.76. The minimum absolute atomic E-state index is 0.632. The summed E-state index contributed by atoms with van der Waals surface area (Å²) in [4.78, 5) is 11.7. The lowest BCUT2D eigenvalue weighted by atomic mass is 9.98. The predicted octanol–water partition coefficient (Wildman–Crippen LogP) is 1.42. The van der Waals surface area contributed by atoms with Crippen LogP contribution >= 0.6 is 22.6 Å². The number of nitrogens with zero attached hydrogens (tertiary/aromatic N) is 1. The van der Waals surface area contributed by atoms with Crippen LogP contribution in [0.25, 0.3) is 0 Å². The normalized spacial score (nSPS) is 18.7. The molecular weight excluding hydrogens is 245 g/mol. The summed E-state index contributed by atoms with van der Waals surface area (Å²) in [5.41, 5.74) is 0. The third-order valence-electron chi connectivity index (χ3n) is 1.75. The van der Waals surface area contributed by atoms with E-state index in [0.29, 0.717) is 5.92 Å². The molecule has 0 atom stereocenters. The van der Waals surface area contributed by atoms with Gasteiger partial charge >= 0.3 is 6.09 Å². The zero-order chi connectivity index (χ0) is 7.56. The molecule has 0 saturated carbocycles. The number of amides is 1. The Kier molecular flexibility index (Phi) is 2.76. The van der Waals surface area contributed by atoms with E-state index < -0.39 is 6.09 Å². The molecule has 1 rings (SSSR count). The summed E-state index contributed by atoms with van der Waals surface area (Å²) < 4.78 is 1.13. The summed E-state index contributed by atoms with van der Waals surface area (Å²) in [7, 11) is 0. The van der Waals surface area contributed by atoms with Gasteiger partial charge in [0.15, 0.2) is 0 Å². The van der Waals surface area contributed by atoms with Gasteiger partial charge in [0.2, 0.25) is 0 Å². The van der Waals surface area contributed by atoms with Gasteiger partial charge in [-0.3, -0.25) is 0 Å². The van der Waals surface area contributed by atoms with Crippen LogP contribution in [0.1, 0.15) is 6.42 Å². The lowest BCUT2D eigenvalue weighted by Crippen LogP contribution is -2.49. The number of hydrogen-bond donors (Lipinski definition) is 1. The van der Waals surface area contributed by atoms with Crippen molar-refractivity contribution in [1.82, 2.24) is 4.90 Å². The van der Waals surface area contributed by atoms with Crippen molar-refractivity contribution in [3.8, 4) is 0 Å². The summed E-state index contributed by atoms with van der Waals surface area (Å²) in [5.74, 6) is 0.632. The molecule has 0 aromatic carbocycles. The van der Waals surface area contributed by atoms with Crippen molar-refractivity contribution in [2.75, 3.05) is 17.5 Å². The molecule has 1 fully saturated rings. The van der Waals surface area contributed by atoms with Crippen LogP contribution in [0.2, 0.25) is 0 Å². The maximum atomic E-state index is 10.3. The molecule has 10 heavy (non-hydrogen) atoms. The fraction of sp³-hybridized carbons (Fsp3) is 0.833. The standard InChI is InChI=1S/C6H10INO2/c7-2-1-5-3-8(4-5)6(9)10/h5H,1-4H2,(H,9,10). The average molecular weight is 255 g/mol. The minimum Gasteiger partial charge on any atom is -0.465 e. The fourth-order valence-electron chi connectivity index (χ4n) is 1.06. The maximum Gasteiger partial charge on any atom is 0.407 e. The molecule has 1 saturated heterocycles. The second-order valence-corrected chi connectivity index (χ2v) is 3.61. The molecule has 1 heterocycles. The molecule has 0 aliphatic carbocycles. The van der Waals surface area contributed by atoms with E-state index in [1.54, 1.807) is 0 Å². The Balaban J connectivity index is 2.12. The van der Waals surface area contributed by atoms with Gasteiger partial charge in [-0.15, -0.1) is 0 Å². The van der Waals surface area contributed by atoms with Gasteiger partial charge in [-0.2, -0.15) is 0 Å². The number of carbonyl (C=O) groups is 1. The number of likely N-dealkylation sites (tertiary alicyclic amines) is 1. The van der Waals surface area contributed by atoms with Gasteiger partial charge in [-0.1, -0.05) is 22.6 Å². The highest BCUT2D eigenvalue weighted by Crippen LogP contribution is 2.19. The van der Waals surface area contributed by atoms with Crippen LogP contribution < -0.4 is 0 Å². The Hall–Kier alpha value is 0. The van der Waals surface area contributed by atoms with Crippen molar-refractivity contribution < 1.29 is 9.90 Å². The van der Waals surface area contributed by atoms with Crippen LogP contribution in [0.5, 0.6) is 0 Å². The van der Waals surface area contributed by atoms with Crippen molar-refractivity contribution in [1.29, 1.82) is 0 Å². The second kappa shape index (κ2) is 3.41. The summed E-state index contributed by atoms with van der Waals surface area (Å²) >= 11 is 2.32. The summed E-state index contributed by atoms with van der Waals surface area (Å²) in [5, 5.41) is 8.44. The fourth-order valence-corrected chi connectivity index (χ4v) is 1.94. The van der Waals surface area contributed by atoms with E-state index in [-0.39, 0.29) is 0 Å². The molecular formula is C6H10INO2. The molecule has 0 aromatic heterocycles. The van der Waals surface area contributed by atoms with Crippen molar-refractivity contribution in [3.63, 3.8) is 0 Å². The van der Waals surface area contributed by atoms with E-state index >= 15 is 0 Å². The van der Waals surface area contributed by atoms with Crippen LogP contribution in [0, 0.1) is 5.92 Å². The van der Waals surface area contributed by atoms with Crippen molar-refractivity contribution in [2.45, 2.75) is 6.42 Å². The number of hydrogen-bond acceptors (Lipinski definition) is 1. The van der Waals surface area contributed by atoms with Crippen LogP contribution in [0.15, 0.2) is 0 Å². The third-order valence-corrected chi connectivity index (χ3v) is 2.37. The number of alkyl halides is 1. The third kappa shape index (κ3) is 1.74. The lowest BCUT2D eigenvalue weighted by Gasteiger charge is -2.36. The van der Waals surface area contributed by atoms with Gasteiger partial charge in [-0.05, 0) is 16.8 Å². The number of rotatable bonds is 2. The highest BCUT2D eigenvalue weighted by Gasteiger charge is 2.29. The smallest absolute Gasteiger partial charge is 0.407 e. The Morgan fingerprint density at radius 1 is 1.70 bits per heavy atom. The number of halogens is 1.